The normalized spacial score (nSPS) is 10.5. The van der Waals surface area contributed by atoms with E-state index in [1.165, 1.54) is 0 Å². The van der Waals surface area contributed by atoms with Crippen LogP contribution in [-0.2, 0) is 11.2 Å². The highest BCUT2D eigenvalue weighted by Gasteiger charge is 2.18. The van der Waals surface area contributed by atoms with Gasteiger partial charge in [0.1, 0.15) is 0 Å². The Balaban J connectivity index is 2.11. The fourth-order valence-electron chi connectivity index (χ4n) is 2.75. The highest BCUT2D eigenvalue weighted by Crippen LogP contribution is 2.24. The van der Waals surface area contributed by atoms with E-state index >= 15 is 0 Å². The summed E-state index contributed by atoms with van der Waals surface area (Å²) < 4.78 is 6.11. The van der Waals surface area contributed by atoms with Gasteiger partial charge in [-0.2, -0.15) is 0 Å². The lowest BCUT2D eigenvalue weighted by atomic mass is 10.0. The molecule has 0 bridgehead atoms. The van der Waals surface area contributed by atoms with Gasteiger partial charge in [0.2, 0.25) is 0 Å². The molecule has 4 nitrogen and oxygen atoms in total. The first-order valence-corrected chi connectivity index (χ1v) is 9.11. The largest absolute Gasteiger partial charge is 0.462 e. The zero-order valence-corrected chi connectivity index (χ0v) is 15.9. The number of aromatic amines is 1. The van der Waals surface area contributed by atoms with Gasteiger partial charge in [0.05, 0.1) is 17.9 Å². The third kappa shape index (κ3) is 3.94. The van der Waals surface area contributed by atoms with Crippen LogP contribution in [0, 0.1) is 0 Å². The third-order valence-corrected chi connectivity index (χ3v) is 4.79. The van der Waals surface area contributed by atoms with Crippen LogP contribution in [0.1, 0.15) is 28.4 Å². The molecule has 2 aromatic carbocycles. The molecule has 0 saturated carbocycles. The number of rotatable bonds is 5. The SMILES string of the molecule is CCOC(=O)c1cc(Cc2ccccc2Br)c(=O)[nH]c1-c1ccccc1. The number of pyridine rings is 1. The summed E-state index contributed by atoms with van der Waals surface area (Å²) in [5.41, 5.74) is 2.87. The van der Waals surface area contributed by atoms with E-state index in [1.54, 1.807) is 13.0 Å². The predicted molar refractivity (Wildman–Crippen MR) is 105 cm³/mol. The minimum atomic E-state index is -0.448. The van der Waals surface area contributed by atoms with Gasteiger partial charge in [-0.25, -0.2) is 4.79 Å². The molecule has 0 aliphatic carbocycles. The van der Waals surface area contributed by atoms with Crippen LogP contribution in [0.3, 0.4) is 0 Å². The Bertz CT molecular complexity index is 980. The smallest absolute Gasteiger partial charge is 0.340 e. The summed E-state index contributed by atoms with van der Waals surface area (Å²) in [5, 5.41) is 0. The van der Waals surface area contributed by atoms with Gasteiger partial charge in [-0.1, -0.05) is 64.5 Å². The average Bonchev–Trinajstić information content (AvgIpc) is 2.65. The van der Waals surface area contributed by atoms with Crippen molar-refractivity contribution in [2.24, 2.45) is 0 Å². The lowest BCUT2D eigenvalue weighted by Crippen LogP contribution is -2.19. The second-order valence-electron chi connectivity index (χ2n) is 5.77. The predicted octanol–water partition coefficient (Wildman–Crippen LogP) is 4.57. The van der Waals surface area contributed by atoms with Crippen molar-refractivity contribution in [3.8, 4) is 11.3 Å². The van der Waals surface area contributed by atoms with Gasteiger partial charge in [0.15, 0.2) is 0 Å². The number of H-pyrrole nitrogens is 1. The Morgan fingerprint density at radius 3 is 2.42 bits per heavy atom. The van der Waals surface area contributed by atoms with Crippen molar-refractivity contribution >= 4 is 21.9 Å². The van der Waals surface area contributed by atoms with Crippen molar-refractivity contribution in [1.82, 2.24) is 4.98 Å². The van der Waals surface area contributed by atoms with Gasteiger partial charge in [-0.05, 0) is 30.2 Å². The number of hydrogen-bond donors (Lipinski definition) is 1. The van der Waals surface area contributed by atoms with Crippen LogP contribution in [0.4, 0.5) is 0 Å². The fourth-order valence-corrected chi connectivity index (χ4v) is 3.18. The Morgan fingerprint density at radius 2 is 1.73 bits per heavy atom. The van der Waals surface area contributed by atoms with Gasteiger partial charge >= 0.3 is 5.97 Å². The Kier molecular flexibility index (Phi) is 5.68. The van der Waals surface area contributed by atoms with E-state index < -0.39 is 5.97 Å². The molecule has 0 saturated heterocycles. The standard InChI is InChI=1S/C21H18BrNO3/c1-2-26-21(25)17-13-16(12-15-10-6-7-11-18(15)22)20(24)23-19(17)14-8-4-3-5-9-14/h3-11,13H,2,12H2,1H3,(H,23,24). The molecule has 0 unspecified atom stereocenters. The van der Waals surface area contributed by atoms with Crippen LogP contribution < -0.4 is 5.56 Å². The summed E-state index contributed by atoms with van der Waals surface area (Å²) in [6.07, 6.45) is 0.415. The molecule has 1 N–H and O–H groups in total. The summed E-state index contributed by atoms with van der Waals surface area (Å²) in [5.74, 6) is -0.448. The molecule has 0 radical (unpaired) electrons. The summed E-state index contributed by atoms with van der Waals surface area (Å²) in [6, 6.07) is 18.6. The molecule has 0 aliphatic rings. The molecule has 0 aliphatic heterocycles. The Morgan fingerprint density at radius 1 is 1.04 bits per heavy atom. The molecule has 3 rings (SSSR count). The molecular weight excluding hydrogens is 394 g/mol. The number of hydrogen-bond acceptors (Lipinski definition) is 3. The topological polar surface area (TPSA) is 59.2 Å². The lowest BCUT2D eigenvalue weighted by Gasteiger charge is -2.12. The number of aromatic nitrogens is 1. The monoisotopic (exact) mass is 411 g/mol. The lowest BCUT2D eigenvalue weighted by molar-refractivity contribution is 0.0526. The molecule has 26 heavy (non-hydrogen) atoms. The van der Waals surface area contributed by atoms with Crippen molar-refractivity contribution in [2.75, 3.05) is 6.61 Å². The summed E-state index contributed by atoms with van der Waals surface area (Å²) in [4.78, 5) is 28.0. The number of benzene rings is 2. The molecule has 1 heterocycles. The zero-order valence-electron chi connectivity index (χ0n) is 14.3. The van der Waals surface area contributed by atoms with E-state index in [9.17, 15) is 9.59 Å². The maximum atomic E-state index is 12.6. The van der Waals surface area contributed by atoms with Gasteiger partial charge in [0.25, 0.3) is 5.56 Å². The highest BCUT2D eigenvalue weighted by atomic mass is 79.9. The van der Waals surface area contributed by atoms with Crippen molar-refractivity contribution in [3.63, 3.8) is 0 Å². The molecule has 1 aromatic heterocycles. The molecule has 0 spiro atoms. The number of esters is 1. The van der Waals surface area contributed by atoms with Crippen LogP contribution >= 0.6 is 15.9 Å². The minimum absolute atomic E-state index is 0.215. The molecule has 0 amide bonds. The van der Waals surface area contributed by atoms with E-state index in [-0.39, 0.29) is 12.2 Å². The van der Waals surface area contributed by atoms with E-state index in [1.807, 2.05) is 54.6 Å². The second kappa shape index (κ2) is 8.15. The van der Waals surface area contributed by atoms with Crippen molar-refractivity contribution in [2.45, 2.75) is 13.3 Å². The highest BCUT2D eigenvalue weighted by molar-refractivity contribution is 9.10. The zero-order chi connectivity index (χ0) is 18.5. The number of halogens is 1. The first-order chi connectivity index (χ1) is 12.6. The molecule has 3 aromatic rings. The van der Waals surface area contributed by atoms with Crippen molar-refractivity contribution in [1.29, 1.82) is 0 Å². The molecule has 132 valence electrons. The van der Waals surface area contributed by atoms with E-state index in [2.05, 4.69) is 20.9 Å². The van der Waals surface area contributed by atoms with E-state index in [0.717, 1.165) is 15.6 Å². The van der Waals surface area contributed by atoms with Crippen LogP contribution in [0.25, 0.3) is 11.3 Å². The Labute approximate surface area is 160 Å². The summed E-state index contributed by atoms with van der Waals surface area (Å²) in [7, 11) is 0. The van der Waals surface area contributed by atoms with Gasteiger partial charge < -0.3 is 9.72 Å². The van der Waals surface area contributed by atoms with Gasteiger partial charge in [-0.15, -0.1) is 0 Å². The van der Waals surface area contributed by atoms with Gasteiger partial charge in [-0.3, -0.25) is 4.79 Å². The number of nitrogens with one attached hydrogen (secondary N) is 1. The Hall–Kier alpha value is -2.66. The maximum Gasteiger partial charge on any atom is 0.340 e. The van der Waals surface area contributed by atoms with E-state index in [4.69, 9.17) is 4.74 Å². The first-order valence-electron chi connectivity index (χ1n) is 8.32. The number of carbonyl (C=O) groups is 1. The number of carbonyl (C=O) groups excluding carboxylic acids is 1. The first kappa shape index (κ1) is 18.1. The quantitative estimate of drug-likeness (QED) is 0.625. The van der Waals surface area contributed by atoms with Crippen LogP contribution in [0.2, 0.25) is 0 Å². The van der Waals surface area contributed by atoms with Crippen LogP contribution in [0.5, 0.6) is 0 Å². The van der Waals surface area contributed by atoms with E-state index in [0.29, 0.717) is 23.2 Å². The average molecular weight is 412 g/mol. The third-order valence-electron chi connectivity index (χ3n) is 4.01. The fraction of sp³-hybridized carbons (Fsp3) is 0.143. The van der Waals surface area contributed by atoms with Crippen molar-refractivity contribution in [3.05, 3.63) is 92.2 Å². The molecular formula is C21H18BrNO3. The molecule has 0 atom stereocenters. The minimum Gasteiger partial charge on any atom is -0.462 e. The van der Waals surface area contributed by atoms with Crippen LogP contribution in [0.15, 0.2) is 69.9 Å². The van der Waals surface area contributed by atoms with Crippen LogP contribution in [-0.4, -0.2) is 17.6 Å². The second-order valence-corrected chi connectivity index (χ2v) is 6.62. The summed E-state index contributed by atoms with van der Waals surface area (Å²) >= 11 is 3.50. The molecule has 0 fully saturated rings. The number of ether oxygens (including phenoxy) is 1. The molecule has 5 heteroatoms. The van der Waals surface area contributed by atoms with Crippen molar-refractivity contribution < 1.29 is 9.53 Å². The summed E-state index contributed by atoms with van der Waals surface area (Å²) in [6.45, 7) is 2.03. The van der Waals surface area contributed by atoms with Gasteiger partial charge in [0, 0.05) is 16.5 Å². The maximum absolute atomic E-state index is 12.6.